The van der Waals surface area contributed by atoms with Gasteiger partial charge in [0.25, 0.3) is 11.4 Å². The molecule has 0 N–H and O–H groups in total. The summed E-state index contributed by atoms with van der Waals surface area (Å²) in [7, 11) is 0. The smallest absolute Gasteiger partial charge is 0.258 e. The van der Waals surface area contributed by atoms with Crippen molar-refractivity contribution in [3.05, 3.63) is 43.0 Å². The quantitative estimate of drug-likeness (QED) is 0.602. The fourth-order valence-corrected chi connectivity index (χ4v) is 3.60. The summed E-state index contributed by atoms with van der Waals surface area (Å²) in [5, 5.41) is 22.9. The lowest BCUT2D eigenvalue weighted by Gasteiger charge is -2.38. The Morgan fingerprint density at radius 1 is 1.23 bits per heavy atom. The van der Waals surface area contributed by atoms with E-state index in [0.717, 1.165) is 18.4 Å². The second-order valence-electron chi connectivity index (χ2n) is 7.12. The van der Waals surface area contributed by atoms with Gasteiger partial charge in [0.05, 0.1) is 9.85 Å². The van der Waals surface area contributed by atoms with Gasteiger partial charge in [-0.3, -0.25) is 20.2 Å². The molecule has 22 heavy (non-hydrogen) atoms. The van der Waals surface area contributed by atoms with Crippen molar-refractivity contribution >= 4 is 11.4 Å². The predicted molar refractivity (Wildman–Crippen MR) is 84.3 cm³/mol. The number of nitrogens with zero attached hydrogens (tertiary/aromatic N) is 2. The van der Waals surface area contributed by atoms with Gasteiger partial charge in [-0.1, -0.05) is 27.7 Å². The van der Waals surface area contributed by atoms with Crippen LogP contribution >= 0.6 is 0 Å². The molecule has 0 saturated carbocycles. The summed E-state index contributed by atoms with van der Waals surface area (Å²) in [5.74, 6) is 0.331. The lowest BCUT2D eigenvalue weighted by Crippen LogP contribution is -2.29. The molecule has 1 aliphatic carbocycles. The summed E-state index contributed by atoms with van der Waals surface area (Å²) in [6.07, 6.45) is 1.75. The van der Waals surface area contributed by atoms with Crippen molar-refractivity contribution in [3.63, 3.8) is 0 Å². The van der Waals surface area contributed by atoms with Gasteiger partial charge >= 0.3 is 0 Å². The first kappa shape index (κ1) is 16.4. The van der Waals surface area contributed by atoms with Crippen molar-refractivity contribution in [3.8, 4) is 0 Å². The van der Waals surface area contributed by atoms with Crippen molar-refractivity contribution in [1.29, 1.82) is 0 Å². The SMILES string of the molecule is Cc1c([N+](=O)[O-])cc2c(c1[N+](=O)[O-])[C@H](C(C)C)CCC2(C)C. The highest BCUT2D eigenvalue weighted by Gasteiger charge is 2.42. The van der Waals surface area contributed by atoms with Crippen LogP contribution in [-0.2, 0) is 5.41 Å². The van der Waals surface area contributed by atoms with E-state index < -0.39 is 9.85 Å². The molecule has 1 aliphatic rings. The average Bonchev–Trinajstić information content (AvgIpc) is 2.36. The largest absolute Gasteiger partial charge is 0.282 e. The van der Waals surface area contributed by atoms with Gasteiger partial charge in [-0.25, -0.2) is 0 Å². The molecule has 6 nitrogen and oxygen atoms in total. The zero-order valence-corrected chi connectivity index (χ0v) is 13.7. The minimum absolute atomic E-state index is 0.0596. The molecule has 2 rings (SSSR count). The van der Waals surface area contributed by atoms with Gasteiger partial charge in [0.1, 0.15) is 5.56 Å². The van der Waals surface area contributed by atoms with E-state index in [0.29, 0.717) is 5.56 Å². The summed E-state index contributed by atoms with van der Waals surface area (Å²) in [6, 6.07) is 1.56. The van der Waals surface area contributed by atoms with Gasteiger partial charge in [-0.2, -0.15) is 0 Å². The highest BCUT2D eigenvalue weighted by Crippen LogP contribution is 2.51. The third-order valence-corrected chi connectivity index (χ3v) is 4.93. The van der Waals surface area contributed by atoms with Crippen LogP contribution in [0.5, 0.6) is 0 Å². The van der Waals surface area contributed by atoms with E-state index >= 15 is 0 Å². The molecular formula is C16H22N2O4. The minimum Gasteiger partial charge on any atom is -0.258 e. The minimum atomic E-state index is -0.516. The molecule has 0 heterocycles. The Hall–Kier alpha value is -1.98. The van der Waals surface area contributed by atoms with Gasteiger partial charge in [0.2, 0.25) is 0 Å². The first-order chi connectivity index (χ1) is 10.1. The number of fused-ring (bicyclic) bond motifs is 1. The molecule has 0 amide bonds. The average molecular weight is 306 g/mol. The predicted octanol–water partition coefficient (Wildman–Crippen LogP) is 4.62. The van der Waals surface area contributed by atoms with E-state index in [1.54, 1.807) is 6.07 Å². The van der Waals surface area contributed by atoms with Crippen LogP contribution in [0.4, 0.5) is 11.4 Å². The van der Waals surface area contributed by atoms with Crippen LogP contribution in [0, 0.1) is 33.1 Å². The van der Waals surface area contributed by atoms with Gasteiger partial charge in [-0.05, 0) is 42.6 Å². The van der Waals surface area contributed by atoms with Gasteiger partial charge in [-0.15, -0.1) is 0 Å². The summed E-state index contributed by atoms with van der Waals surface area (Å²) in [5.41, 5.74) is 1.14. The summed E-state index contributed by atoms with van der Waals surface area (Å²) < 4.78 is 0. The van der Waals surface area contributed by atoms with E-state index in [-0.39, 0.29) is 34.2 Å². The Morgan fingerprint density at radius 2 is 1.82 bits per heavy atom. The van der Waals surface area contributed by atoms with E-state index in [2.05, 4.69) is 0 Å². The number of nitro benzene ring substituents is 2. The highest BCUT2D eigenvalue weighted by atomic mass is 16.6. The molecule has 0 unspecified atom stereocenters. The van der Waals surface area contributed by atoms with Crippen LogP contribution in [0.1, 0.15) is 63.1 Å². The van der Waals surface area contributed by atoms with Crippen LogP contribution in [-0.4, -0.2) is 9.85 Å². The molecule has 0 spiro atoms. The monoisotopic (exact) mass is 306 g/mol. The van der Waals surface area contributed by atoms with Crippen molar-refractivity contribution in [2.24, 2.45) is 5.92 Å². The standard InChI is InChI=1S/C16H22N2O4/c1-9(2)11-6-7-16(4,5)12-8-13(17(19)20)10(3)15(14(11)12)18(21)22/h8-9,11H,6-7H2,1-5H3/t11-/m0/s1. The first-order valence-corrected chi connectivity index (χ1v) is 7.54. The number of benzene rings is 1. The van der Waals surface area contributed by atoms with Crippen LogP contribution in [0.3, 0.4) is 0 Å². The Balaban J connectivity index is 2.90. The van der Waals surface area contributed by atoms with E-state index in [1.807, 2.05) is 27.7 Å². The molecule has 0 aromatic heterocycles. The normalized spacial score (nSPS) is 19.8. The van der Waals surface area contributed by atoms with E-state index in [1.165, 1.54) is 6.92 Å². The first-order valence-electron chi connectivity index (χ1n) is 7.54. The molecule has 120 valence electrons. The van der Waals surface area contributed by atoms with Crippen molar-refractivity contribution in [1.82, 2.24) is 0 Å². The number of hydrogen-bond donors (Lipinski definition) is 0. The molecule has 1 atom stereocenters. The van der Waals surface area contributed by atoms with E-state index in [4.69, 9.17) is 0 Å². The lowest BCUT2D eigenvalue weighted by molar-refractivity contribution is -0.396. The van der Waals surface area contributed by atoms with Crippen LogP contribution in [0.25, 0.3) is 0 Å². The maximum Gasteiger partial charge on any atom is 0.282 e. The summed E-state index contributed by atoms with van der Waals surface area (Å²) in [4.78, 5) is 22.0. The maximum atomic E-state index is 11.6. The molecule has 0 aliphatic heterocycles. The van der Waals surface area contributed by atoms with Crippen molar-refractivity contribution < 1.29 is 9.85 Å². The molecular weight excluding hydrogens is 284 g/mol. The van der Waals surface area contributed by atoms with Crippen LogP contribution in [0.2, 0.25) is 0 Å². The molecule has 6 heteroatoms. The Morgan fingerprint density at radius 3 is 2.27 bits per heavy atom. The Bertz CT molecular complexity index is 650. The Kier molecular flexibility index (Phi) is 3.98. The second kappa shape index (κ2) is 5.34. The fraction of sp³-hybridized carbons (Fsp3) is 0.625. The molecule has 0 saturated heterocycles. The summed E-state index contributed by atoms with van der Waals surface area (Å²) in [6.45, 7) is 9.59. The maximum absolute atomic E-state index is 11.6. The third kappa shape index (κ3) is 2.46. The Labute approximate surface area is 129 Å². The number of nitro groups is 2. The zero-order valence-electron chi connectivity index (χ0n) is 13.7. The van der Waals surface area contributed by atoms with Gasteiger partial charge in [0.15, 0.2) is 0 Å². The number of rotatable bonds is 3. The lowest BCUT2D eigenvalue weighted by atomic mass is 9.65. The van der Waals surface area contributed by atoms with Gasteiger partial charge < -0.3 is 0 Å². The molecule has 1 aromatic rings. The van der Waals surface area contributed by atoms with Crippen LogP contribution < -0.4 is 0 Å². The topological polar surface area (TPSA) is 86.3 Å². The third-order valence-electron chi connectivity index (χ3n) is 4.93. The molecule has 0 fully saturated rings. The molecule has 0 bridgehead atoms. The molecule has 1 aromatic carbocycles. The van der Waals surface area contributed by atoms with Crippen molar-refractivity contribution in [2.45, 2.75) is 58.8 Å². The van der Waals surface area contributed by atoms with Crippen molar-refractivity contribution in [2.75, 3.05) is 0 Å². The van der Waals surface area contributed by atoms with Gasteiger partial charge in [0, 0.05) is 11.6 Å². The number of hydrogen-bond acceptors (Lipinski definition) is 4. The summed E-state index contributed by atoms with van der Waals surface area (Å²) >= 11 is 0. The second-order valence-corrected chi connectivity index (χ2v) is 7.12. The zero-order chi connectivity index (χ0) is 16.8. The molecule has 0 radical (unpaired) electrons. The van der Waals surface area contributed by atoms with Crippen LogP contribution in [0.15, 0.2) is 6.07 Å². The fourth-order valence-electron chi connectivity index (χ4n) is 3.60. The highest BCUT2D eigenvalue weighted by molar-refractivity contribution is 5.64. The van der Waals surface area contributed by atoms with E-state index in [9.17, 15) is 20.2 Å².